The van der Waals surface area contributed by atoms with Crippen LogP contribution in [0.3, 0.4) is 0 Å². The Morgan fingerprint density at radius 2 is 1.84 bits per heavy atom. The summed E-state index contributed by atoms with van der Waals surface area (Å²) in [5, 5.41) is 19.8. The number of pyridine rings is 1. The number of hydrogen-bond acceptors (Lipinski definition) is 12. The van der Waals surface area contributed by atoms with Crippen LogP contribution in [0, 0.1) is 18.3 Å². The van der Waals surface area contributed by atoms with Gasteiger partial charge >= 0.3 is 0 Å². The summed E-state index contributed by atoms with van der Waals surface area (Å²) in [4.78, 5) is 36.8. The second-order valence-corrected chi connectivity index (χ2v) is 11.1. The summed E-state index contributed by atoms with van der Waals surface area (Å²) in [7, 11) is 3.74. The largest absolute Gasteiger partial charge is 0.489 e. The number of ether oxygens (including phenoxy) is 2. The smallest absolute Gasteiger partial charge is 0.293 e. The van der Waals surface area contributed by atoms with Crippen molar-refractivity contribution in [3.05, 3.63) is 59.8 Å². The third-order valence-corrected chi connectivity index (χ3v) is 7.98. The number of nitrogens with one attached hydrogen (secondary N) is 2. The Hall–Kier alpha value is -5.29. The molecule has 0 spiro atoms. The second kappa shape index (κ2) is 13.1. The van der Waals surface area contributed by atoms with E-state index < -0.39 is 0 Å². The lowest BCUT2D eigenvalue weighted by atomic mass is 10.1. The van der Waals surface area contributed by atoms with Crippen molar-refractivity contribution in [3.63, 3.8) is 0 Å². The molecule has 5 heterocycles. The minimum Gasteiger partial charge on any atom is -0.489 e. The highest BCUT2D eigenvalue weighted by Crippen LogP contribution is 2.31. The number of methoxy groups -OCH3 is 1. The van der Waals surface area contributed by atoms with E-state index in [4.69, 9.17) is 9.47 Å². The van der Waals surface area contributed by atoms with E-state index >= 15 is 0 Å². The van der Waals surface area contributed by atoms with E-state index in [0.717, 1.165) is 37.4 Å². The minimum absolute atomic E-state index is 0.122. The Kier molecular flexibility index (Phi) is 8.70. The molecular weight excluding hydrogens is 574 g/mol. The summed E-state index contributed by atoms with van der Waals surface area (Å²) < 4.78 is 11.8. The number of aromatic amines is 1. The first kappa shape index (κ1) is 29.8. The van der Waals surface area contributed by atoms with Crippen LogP contribution in [0.4, 0.5) is 17.5 Å². The zero-order valence-corrected chi connectivity index (χ0v) is 25.5. The van der Waals surface area contributed by atoms with Gasteiger partial charge in [0.1, 0.15) is 35.3 Å². The molecule has 0 aliphatic carbocycles. The van der Waals surface area contributed by atoms with Crippen molar-refractivity contribution in [1.82, 2.24) is 39.9 Å². The number of nitriles is 1. The van der Waals surface area contributed by atoms with Gasteiger partial charge in [0.05, 0.1) is 18.4 Å². The number of nitrogens with zero attached hydrogens (tertiary/aromatic N) is 9. The van der Waals surface area contributed by atoms with Crippen LogP contribution in [-0.4, -0.2) is 105 Å². The molecule has 232 valence electrons. The monoisotopic (exact) mass is 609 g/mol. The lowest BCUT2D eigenvalue weighted by molar-refractivity contribution is 0.0584. The van der Waals surface area contributed by atoms with Crippen LogP contribution in [0.5, 0.6) is 11.6 Å². The topological polar surface area (TPSA) is 161 Å². The van der Waals surface area contributed by atoms with Gasteiger partial charge in [0, 0.05) is 63.9 Å². The highest BCUT2D eigenvalue weighted by Gasteiger charge is 2.27. The number of piperidine rings is 1. The summed E-state index contributed by atoms with van der Waals surface area (Å²) in [5.74, 6) is 2.55. The summed E-state index contributed by atoms with van der Waals surface area (Å²) in [5.41, 5.74) is 2.76. The van der Waals surface area contributed by atoms with E-state index in [9.17, 15) is 10.1 Å². The molecule has 14 heteroatoms. The van der Waals surface area contributed by atoms with Crippen molar-refractivity contribution >= 4 is 23.4 Å². The van der Waals surface area contributed by atoms with Crippen LogP contribution in [0.1, 0.15) is 34.8 Å². The quantitative estimate of drug-likeness (QED) is 0.301. The number of rotatable bonds is 8. The zero-order chi connectivity index (χ0) is 31.3. The first-order valence-electron chi connectivity index (χ1n) is 14.9. The SMILES string of the molecule is COc1nc(Nc2nccc(-c3ccc(OC4CCN(C(=O)c5n[nH]c(C)n5)CC4)c(C#N)c3)n2)ccc1N1CCN(C)CC1. The summed E-state index contributed by atoms with van der Waals surface area (Å²) in [6, 6.07) is 13.4. The number of amides is 1. The highest BCUT2D eigenvalue weighted by molar-refractivity contribution is 5.90. The van der Waals surface area contributed by atoms with Gasteiger partial charge in [-0.15, -0.1) is 5.10 Å². The van der Waals surface area contributed by atoms with Gasteiger partial charge in [-0.05, 0) is 50.4 Å². The molecule has 0 unspecified atom stereocenters. The van der Waals surface area contributed by atoms with E-state index in [1.54, 1.807) is 43.3 Å². The van der Waals surface area contributed by atoms with Gasteiger partial charge in [-0.25, -0.2) is 15.0 Å². The maximum atomic E-state index is 12.7. The van der Waals surface area contributed by atoms with Crippen LogP contribution < -0.4 is 19.7 Å². The van der Waals surface area contributed by atoms with Gasteiger partial charge < -0.3 is 29.5 Å². The lowest BCUT2D eigenvalue weighted by Gasteiger charge is -2.34. The van der Waals surface area contributed by atoms with Gasteiger partial charge in [0.2, 0.25) is 17.7 Å². The van der Waals surface area contributed by atoms with Crippen LogP contribution in [-0.2, 0) is 0 Å². The molecule has 4 aromatic rings. The van der Waals surface area contributed by atoms with E-state index in [1.165, 1.54) is 0 Å². The van der Waals surface area contributed by atoms with Crippen LogP contribution in [0.15, 0.2) is 42.6 Å². The van der Waals surface area contributed by atoms with Crippen molar-refractivity contribution in [1.29, 1.82) is 5.26 Å². The maximum Gasteiger partial charge on any atom is 0.293 e. The number of carbonyl (C=O) groups is 1. The number of likely N-dealkylation sites (N-methyl/N-ethyl adjacent to an activating group) is 1. The Labute approximate surface area is 261 Å². The van der Waals surface area contributed by atoms with Gasteiger partial charge in [-0.2, -0.15) is 10.2 Å². The van der Waals surface area contributed by atoms with E-state index in [1.807, 2.05) is 18.2 Å². The molecule has 2 N–H and O–H groups in total. The fourth-order valence-electron chi connectivity index (χ4n) is 5.45. The average molecular weight is 610 g/mol. The molecule has 2 aliphatic rings. The molecule has 2 saturated heterocycles. The van der Waals surface area contributed by atoms with E-state index in [0.29, 0.717) is 66.4 Å². The van der Waals surface area contributed by atoms with Crippen LogP contribution in [0.25, 0.3) is 11.3 Å². The van der Waals surface area contributed by atoms with Crippen LogP contribution in [0.2, 0.25) is 0 Å². The first-order valence-corrected chi connectivity index (χ1v) is 14.9. The molecular formula is C31H35N11O3. The summed E-state index contributed by atoms with van der Waals surface area (Å²) in [6.45, 7) is 6.58. The number of likely N-dealkylation sites (tertiary alicyclic amines) is 1. The molecule has 3 aromatic heterocycles. The number of aryl methyl sites for hydroxylation is 1. The van der Waals surface area contributed by atoms with E-state index in [-0.39, 0.29) is 17.8 Å². The number of anilines is 3. The van der Waals surface area contributed by atoms with Crippen LogP contribution >= 0.6 is 0 Å². The fraction of sp³-hybridized carbons (Fsp3) is 0.387. The molecule has 0 radical (unpaired) electrons. The molecule has 2 aliphatic heterocycles. The highest BCUT2D eigenvalue weighted by atomic mass is 16.5. The Bertz CT molecular complexity index is 1700. The Morgan fingerprint density at radius 3 is 2.56 bits per heavy atom. The van der Waals surface area contributed by atoms with Gasteiger partial charge in [0.25, 0.3) is 5.91 Å². The summed E-state index contributed by atoms with van der Waals surface area (Å²) >= 11 is 0. The van der Waals surface area contributed by atoms with E-state index in [2.05, 4.69) is 58.4 Å². The first-order chi connectivity index (χ1) is 21.9. The number of piperazine rings is 1. The van der Waals surface area contributed by atoms with Gasteiger partial charge in [0.15, 0.2) is 0 Å². The predicted molar refractivity (Wildman–Crippen MR) is 167 cm³/mol. The Morgan fingerprint density at radius 1 is 1.04 bits per heavy atom. The fourth-order valence-corrected chi connectivity index (χ4v) is 5.45. The maximum absolute atomic E-state index is 12.7. The number of carbonyl (C=O) groups excluding carboxylic acids is 1. The molecule has 0 atom stereocenters. The summed E-state index contributed by atoms with van der Waals surface area (Å²) in [6.07, 6.45) is 2.81. The molecule has 6 rings (SSSR count). The standard InChI is InChI=1S/C31H35N11O3/c1-20-34-28(39-38-20)30(43)42-12-9-23(10-13-42)45-26-6-4-21(18-22(26)19-32)24-8-11-33-31(35-24)37-27-7-5-25(29(36-27)44-3)41-16-14-40(2)15-17-41/h4-8,11,18,23H,9-10,12-17H2,1-3H3,(H,34,38,39)(H,33,35,36,37). The van der Waals surface area contributed by atoms with Gasteiger partial charge in [-0.1, -0.05) is 0 Å². The molecule has 2 fully saturated rings. The third-order valence-electron chi connectivity index (χ3n) is 7.98. The minimum atomic E-state index is -0.198. The molecule has 45 heavy (non-hydrogen) atoms. The van der Waals surface area contributed by atoms with Crippen molar-refractivity contribution in [2.45, 2.75) is 25.9 Å². The van der Waals surface area contributed by atoms with Crippen molar-refractivity contribution in [3.8, 4) is 29.0 Å². The molecule has 0 bridgehead atoms. The Balaban J connectivity index is 1.10. The number of H-pyrrole nitrogens is 1. The van der Waals surface area contributed by atoms with Crippen molar-refractivity contribution < 1.29 is 14.3 Å². The normalized spacial score (nSPS) is 15.9. The third kappa shape index (κ3) is 6.78. The second-order valence-electron chi connectivity index (χ2n) is 11.1. The lowest BCUT2D eigenvalue weighted by Crippen LogP contribution is -2.44. The molecule has 14 nitrogen and oxygen atoms in total. The predicted octanol–water partition coefficient (Wildman–Crippen LogP) is 3.02. The van der Waals surface area contributed by atoms with Gasteiger partial charge in [-0.3, -0.25) is 9.89 Å². The molecule has 1 aromatic carbocycles. The molecule has 1 amide bonds. The average Bonchev–Trinajstić information content (AvgIpc) is 3.51. The molecule has 0 saturated carbocycles. The number of benzene rings is 1. The van der Waals surface area contributed by atoms with Crippen molar-refractivity contribution in [2.75, 3.05) is 63.6 Å². The number of aromatic nitrogens is 6. The van der Waals surface area contributed by atoms with Crippen molar-refractivity contribution in [2.24, 2.45) is 0 Å². The zero-order valence-electron chi connectivity index (χ0n) is 25.5. The number of hydrogen-bond donors (Lipinski definition) is 2.